The molecule has 7 nitrogen and oxygen atoms in total. The van der Waals surface area contributed by atoms with Gasteiger partial charge in [0.2, 0.25) is 5.89 Å². The van der Waals surface area contributed by atoms with E-state index in [0.29, 0.717) is 24.1 Å². The molecule has 0 atom stereocenters. The van der Waals surface area contributed by atoms with Gasteiger partial charge in [-0.15, -0.1) is 5.10 Å². The van der Waals surface area contributed by atoms with Crippen LogP contribution in [0.5, 0.6) is 0 Å². The van der Waals surface area contributed by atoms with Crippen LogP contribution in [0, 0.1) is 0 Å². The second-order valence-corrected chi connectivity index (χ2v) is 3.54. The SMILES string of the molecule is CC(C)c1nc(Cn2cc(N)nn2)no1. The zero-order chi connectivity index (χ0) is 10.8. The summed E-state index contributed by atoms with van der Waals surface area (Å²) in [5, 5.41) is 11.3. The Balaban J connectivity index is 2.11. The molecule has 0 radical (unpaired) electrons. The summed E-state index contributed by atoms with van der Waals surface area (Å²) in [5.74, 6) is 1.80. The summed E-state index contributed by atoms with van der Waals surface area (Å²) in [5.41, 5.74) is 5.43. The van der Waals surface area contributed by atoms with Gasteiger partial charge in [0.1, 0.15) is 6.54 Å². The van der Waals surface area contributed by atoms with Gasteiger partial charge in [-0.05, 0) is 0 Å². The largest absolute Gasteiger partial charge is 0.381 e. The molecule has 2 rings (SSSR count). The van der Waals surface area contributed by atoms with Crippen molar-refractivity contribution in [2.24, 2.45) is 0 Å². The molecule has 2 aromatic heterocycles. The summed E-state index contributed by atoms with van der Waals surface area (Å²) in [6.07, 6.45) is 1.62. The predicted molar refractivity (Wildman–Crippen MR) is 51.9 cm³/mol. The molecule has 0 amide bonds. The Morgan fingerprint density at radius 3 is 2.87 bits per heavy atom. The minimum atomic E-state index is 0.229. The van der Waals surface area contributed by atoms with Gasteiger partial charge in [0.15, 0.2) is 11.6 Å². The van der Waals surface area contributed by atoms with E-state index in [2.05, 4.69) is 20.5 Å². The van der Waals surface area contributed by atoms with Crippen molar-refractivity contribution in [3.63, 3.8) is 0 Å². The molecule has 0 aliphatic heterocycles. The third-order valence-corrected chi connectivity index (χ3v) is 1.84. The topological polar surface area (TPSA) is 95.7 Å². The highest BCUT2D eigenvalue weighted by molar-refractivity contribution is 5.20. The van der Waals surface area contributed by atoms with Crippen molar-refractivity contribution >= 4 is 5.82 Å². The Hall–Kier alpha value is -1.92. The predicted octanol–water partition coefficient (Wildman–Crippen LogP) is 0.415. The van der Waals surface area contributed by atoms with E-state index in [9.17, 15) is 0 Å². The van der Waals surface area contributed by atoms with Crippen molar-refractivity contribution < 1.29 is 4.52 Å². The first kappa shape index (κ1) is 9.63. The normalized spacial score (nSPS) is 11.1. The van der Waals surface area contributed by atoms with Crippen LogP contribution >= 0.6 is 0 Å². The second-order valence-electron chi connectivity index (χ2n) is 3.54. The van der Waals surface area contributed by atoms with Crippen LogP contribution < -0.4 is 5.73 Å². The number of nitrogens with two attached hydrogens (primary N) is 1. The third kappa shape index (κ3) is 2.12. The molecule has 0 aliphatic carbocycles. The minimum absolute atomic E-state index is 0.229. The molecule has 2 heterocycles. The number of nitrogen functional groups attached to an aromatic ring is 1. The van der Waals surface area contributed by atoms with E-state index in [0.717, 1.165) is 0 Å². The van der Waals surface area contributed by atoms with Crippen LogP contribution in [0.4, 0.5) is 5.82 Å². The van der Waals surface area contributed by atoms with Crippen LogP contribution in [0.1, 0.15) is 31.5 Å². The summed E-state index contributed by atoms with van der Waals surface area (Å²) >= 11 is 0. The standard InChI is InChI=1S/C8H12N6O/c1-5(2)8-10-7(12-15-8)4-14-3-6(9)11-13-14/h3,5H,4,9H2,1-2H3. The Morgan fingerprint density at radius 1 is 1.53 bits per heavy atom. The molecule has 2 aromatic rings. The quantitative estimate of drug-likeness (QED) is 0.785. The number of anilines is 1. The lowest BCUT2D eigenvalue weighted by Crippen LogP contribution is -2.02. The summed E-state index contributed by atoms with van der Waals surface area (Å²) in [6, 6.07) is 0. The van der Waals surface area contributed by atoms with Crippen LogP contribution in [0.15, 0.2) is 10.7 Å². The highest BCUT2D eigenvalue weighted by atomic mass is 16.5. The van der Waals surface area contributed by atoms with Crippen molar-refractivity contribution in [2.45, 2.75) is 26.3 Å². The molecule has 0 saturated carbocycles. The van der Waals surface area contributed by atoms with Crippen LogP contribution in [-0.4, -0.2) is 25.1 Å². The first-order valence-corrected chi connectivity index (χ1v) is 4.63. The lowest BCUT2D eigenvalue weighted by molar-refractivity contribution is 0.359. The monoisotopic (exact) mass is 208 g/mol. The van der Waals surface area contributed by atoms with Gasteiger partial charge in [-0.1, -0.05) is 24.2 Å². The highest BCUT2D eigenvalue weighted by Gasteiger charge is 2.10. The molecule has 0 bridgehead atoms. The lowest BCUT2D eigenvalue weighted by atomic mass is 10.2. The maximum Gasteiger partial charge on any atom is 0.229 e. The second kappa shape index (κ2) is 3.68. The summed E-state index contributed by atoms with van der Waals surface area (Å²) in [4.78, 5) is 4.21. The van der Waals surface area contributed by atoms with E-state index in [1.165, 1.54) is 0 Å². The molecule has 0 spiro atoms. The zero-order valence-corrected chi connectivity index (χ0v) is 8.58. The molecule has 0 aliphatic rings. The van der Waals surface area contributed by atoms with Gasteiger partial charge in [0.05, 0.1) is 6.20 Å². The summed E-state index contributed by atoms with van der Waals surface area (Å²) < 4.78 is 6.61. The molecule has 15 heavy (non-hydrogen) atoms. The number of hydrogen-bond donors (Lipinski definition) is 1. The van der Waals surface area contributed by atoms with Crippen molar-refractivity contribution in [1.29, 1.82) is 0 Å². The van der Waals surface area contributed by atoms with Crippen molar-refractivity contribution in [1.82, 2.24) is 25.1 Å². The molecule has 0 aromatic carbocycles. The Labute approximate surface area is 86.3 Å². The molecule has 0 unspecified atom stereocenters. The summed E-state index contributed by atoms with van der Waals surface area (Å²) in [7, 11) is 0. The first-order valence-electron chi connectivity index (χ1n) is 4.63. The van der Waals surface area contributed by atoms with Crippen LogP contribution in [-0.2, 0) is 6.54 Å². The van der Waals surface area contributed by atoms with Gasteiger partial charge in [0.25, 0.3) is 0 Å². The molecule has 0 fully saturated rings. The number of aromatic nitrogens is 5. The lowest BCUT2D eigenvalue weighted by Gasteiger charge is -1.93. The Kier molecular flexibility index (Phi) is 2.36. The van der Waals surface area contributed by atoms with Gasteiger partial charge in [0, 0.05) is 5.92 Å². The van der Waals surface area contributed by atoms with Gasteiger partial charge >= 0.3 is 0 Å². The minimum Gasteiger partial charge on any atom is -0.381 e. The molecule has 7 heteroatoms. The van der Waals surface area contributed by atoms with E-state index in [1.807, 2.05) is 13.8 Å². The number of rotatable bonds is 3. The first-order chi connectivity index (χ1) is 7.15. The van der Waals surface area contributed by atoms with E-state index < -0.39 is 0 Å². The van der Waals surface area contributed by atoms with E-state index in [4.69, 9.17) is 10.3 Å². The van der Waals surface area contributed by atoms with Gasteiger partial charge in [-0.25, -0.2) is 4.68 Å². The average molecular weight is 208 g/mol. The van der Waals surface area contributed by atoms with Gasteiger partial charge in [-0.2, -0.15) is 4.98 Å². The molecule has 2 N–H and O–H groups in total. The average Bonchev–Trinajstić information content (AvgIpc) is 2.76. The Bertz CT molecular complexity index is 445. The van der Waals surface area contributed by atoms with E-state index in [-0.39, 0.29) is 5.92 Å². The van der Waals surface area contributed by atoms with Crippen molar-refractivity contribution in [3.05, 3.63) is 17.9 Å². The maximum absolute atomic E-state index is 5.43. The fourth-order valence-corrected chi connectivity index (χ4v) is 1.10. The number of hydrogen-bond acceptors (Lipinski definition) is 6. The third-order valence-electron chi connectivity index (χ3n) is 1.84. The van der Waals surface area contributed by atoms with Crippen molar-refractivity contribution in [3.8, 4) is 0 Å². The van der Waals surface area contributed by atoms with Gasteiger partial charge < -0.3 is 10.3 Å². The molecule has 80 valence electrons. The Morgan fingerprint density at radius 2 is 2.33 bits per heavy atom. The number of nitrogens with zero attached hydrogens (tertiary/aromatic N) is 5. The molecular formula is C8H12N6O. The zero-order valence-electron chi connectivity index (χ0n) is 8.58. The van der Waals surface area contributed by atoms with E-state index in [1.54, 1.807) is 10.9 Å². The smallest absolute Gasteiger partial charge is 0.229 e. The fourth-order valence-electron chi connectivity index (χ4n) is 1.10. The highest BCUT2D eigenvalue weighted by Crippen LogP contribution is 2.11. The molecule has 0 saturated heterocycles. The maximum atomic E-state index is 5.43. The van der Waals surface area contributed by atoms with Crippen molar-refractivity contribution in [2.75, 3.05) is 5.73 Å². The fraction of sp³-hybridized carbons (Fsp3) is 0.500. The van der Waals surface area contributed by atoms with Gasteiger partial charge in [-0.3, -0.25) is 0 Å². The van der Waals surface area contributed by atoms with Crippen LogP contribution in [0.2, 0.25) is 0 Å². The van der Waals surface area contributed by atoms with Crippen LogP contribution in [0.25, 0.3) is 0 Å². The van der Waals surface area contributed by atoms with Crippen LogP contribution in [0.3, 0.4) is 0 Å². The van der Waals surface area contributed by atoms with E-state index >= 15 is 0 Å². The molecular weight excluding hydrogens is 196 g/mol. The summed E-state index contributed by atoms with van der Waals surface area (Å²) in [6.45, 7) is 4.40.